The van der Waals surface area contributed by atoms with Crippen LogP contribution in [-0.2, 0) is 18.4 Å². The quantitative estimate of drug-likeness (QED) is 0.910. The lowest BCUT2D eigenvalue weighted by Crippen LogP contribution is -2.57. The summed E-state index contributed by atoms with van der Waals surface area (Å²) >= 11 is 0. The van der Waals surface area contributed by atoms with Crippen molar-refractivity contribution in [3.63, 3.8) is 0 Å². The Morgan fingerprint density at radius 1 is 1.35 bits per heavy atom. The van der Waals surface area contributed by atoms with Crippen LogP contribution >= 0.6 is 0 Å². The first-order valence-corrected chi connectivity index (χ1v) is 8.58. The van der Waals surface area contributed by atoms with Crippen LogP contribution in [0.5, 0.6) is 5.75 Å². The summed E-state index contributed by atoms with van der Waals surface area (Å²) in [5.41, 5.74) is 4.23. The molecule has 0 amide bonds. The molecule has 2 aliphatic rings. The van der Waals surface area contributed by atoms with E-state index in [0.717, 1.165) is 31.7 Å². The van der Waals surface area contributed by atoms with Crippen molar-refractivity contribution in [2.24, 2.45) is 5.92 Å². The van der Waals surface area contributed by atoms with Crippen LogP contribution in [0.3, 0.4) is 0 Å². The maximum atomic E-state index is 9.92. The summed E-state index contributed by atoms with van der Waals surface area (Å²) in [4.78, 5) is 2.63. The van der Waals surface area contributed by atoms with Crippen LogP contribution in [0.1, 0.15) is 42.7 Å². The number of rotatable bonds is 2. The highest BCUT2D eigenvalue weighted by molar-refractivity contribution is 5.44. The van der Waals surface area contributed by atoms with E-state index in [2.05, 4.69) is 30.9 Å². The molecule has 1 aliphatic heterocycles. The predicted octanol–water partition coefficient (Wildman–Crippen LogP) is 4.02. The minimum atomic E-state index is 0.166. The molecule has 3 atom stereocenters. The zero-order valence-electron chi connectivity index (χ0n) is 14.2. The molecule has 0 saturated carbocycles. The second-order valence-electron chi connectivity index (χ2n) is 7.54. The second kappa shape index (κ2) is 5.13. The van der Waals surface area contributed by atoms with Crippen molar-refractivity contribution < 1.29 is 9.52 Å². The number of phenolic OH excluding ortho intramolecular Hbond substituents is 1. The molecule has 2 bridgehead atoms. The normalized spacial score (nSPS) is 30.2. The molecule has 23 heavy (non-hydrogen) atoms. The van der Waals surface area contributed by atoms with Gasteiger partial charge in [0.15, 0.2) is 0 Å². The van der Waals surface area contributed by atoms with E-state index in [1.165, 1.54) is 16.7 Å². The summed E-state index contributed by atoms with van der Waals surface area (Å²) in [6.07, 6.45) is 4.00. The second-order valence-corrected chi connectivity index (χ2v) is 7.54. The first-order chi connectivity index (χ1) is 11.0. The van der Waals surface area contributed by atoms with Crippen molar-refractivity contribution in [1.82, 2.24) is 4.90 Å². The van der Waals surface area contributed by atoms with Gasteiger partial charge >= 0.3 is 0 Å². The van der Waals surface area contributed by atoms with Gasteiger partial charge in [0, 0.05) is 18.2 Å². The van der Waals surface area contributed by atoms with Gasteiger partial charge in [-0.1, -0.05) is 19.9 Å². The van der Waals surface area contributed by atoms with Gasteiger partial charge in [0.1, 0.15) is 11.5 Å². The largest absolute Gasteiger partial charge is 0.508 e. The highest BCUT2D eigenvalue weighted by Crippen LogP contribution is 2.49. The topological polar surface area (TPSA) is 36.6 Å². The highest BCUT2D eigenvalue weighted by atomic mass is 16.3. The summed E-state index contributed by atoms with van der Waals surface area (Å²) in [5, 5.41) is 9.92. The molecule has 2 aromatic rings. The molecule has 1 N–H and O–H groups in total. The van der Waals surface area contributed by atoms with E-state index in [1.54, 1.807) is 6.26 Å². The molecule has 1 saturated heterocycles. The van der Waals surface area contributed by atoms with E-state index in [-0.39, 0.29) is 5.41 Å². The molecule has 122 valence electrons. The average molecular weight is 311 g/mol. The van der Waals surface area contributed by atoms with Crippen molar-refractivity contribution in [2.45, 2.75) is 51.6 Å². The molecule has 3 heteroatoms. The summed E-state index contributed by atoms with van der Waals surface area (Å²) < 4.78 is 5.47. The SMILES string of the molecule is Cc1occc1CN1CC[C@@]2(C)c3cc(O)ccc3C[C@@H]1[C@@H]2C. The third-order valence-electron chi connectivity index (χ3n) is 6.45. The number of benzene rings is 1. The van der Waals surface area contributed by atoms with Gasteiger partial charge < -0.3 is 9.52 Å². The minimum Gasteiger partial charge on any atom is -0.508 e. The number of phenols is 1. The summed E-state index contributed by atoms with van der Waals surface area (Å²) in [6, 6.07) is 8.60. The molecule has 0 unspecified atom stereocenters. The first-order valence-electron chi connectivity index (χ1n) is 8.58. The lowest BCUT2D eigenvalue weighted by atomic mass is 9.59. The number of piperidine rings is 1. The van der Waals surface area contributed by atoms with Gasteiger partial charge in [-0.3, -0.25) is 4.90 Å². The van der Waals surface area contributed by atoms with Gasteiger partial charge in [-0.05, 0) is 67.0 Å². The molecular weight excluding hydrogens is 286 g/mol. The molecule has 3 nitrogen and oxygen atoms in total. The number of aromatic hydroxyl groups is 1. The number of likely N-dealkylation sites (tertiary alicyclic amines) is 1. The summed E-state index contributed by atoms with van der Waals surface area (Å²) in [6.45, 7) is 8.88. The lowest BCUT2D eigenvalue weighted by Gasteiger charge is -2.54. The van der Waals surface area contributed by atoms with Crippen LogP contribution in [0.15, 0.2) is 34.9 Å². The number of aryl methyl sites for hydroxylation is 1. The molecule has 2 heterocycles. The molecule has 0 radical (unpaired) electrons. The van der Waals surface area contributed by atoms with Crippen molar-refractivity contribution in [1.29, 1.82) is 0 Å². The van der Waals surface area contributed by atoms with Gasteiger partial charge in [0.05, 0.1) is 6.26 Å². The Balaban J connectivity index is 1.68. The van der Waals surface area contributed by atoms with E-state index in [9.17, 15) is 5.11 Å². The number of furan rings is 1. The fraction of sp³-hybridized carbons (Fsp3) is 0.500. The van der Waals surface area contributed by atoms with Gasteiger partial charge in [-0.25, -0.2) is 0 Å². The summed E-state index contributed by atoms with van der Waals surface area (Å²) in [5.74, 6) is 2.01. The van der Waals surface area contributed by atoms with Gasteiger partial charge in [0.25, 0.3) is 0 Å². The van der Waals surface area contributed by atoms with Crippen LogP contribution in [0.4, 0.5) is 0 Å². The lowest BCUT2D eigenvalue weighted by molar-refractivity contribution is 0.0255. The Morgan fingerprint density at radius 2 is 2.17 bits per heavy atom. The van der Waals surface area contributed by atoms with Gasteiger partial charge in [0.2, 0.25) is 0 Å². The predicted molar refractivity (Wildman–Crippen MR) is 90.6 cm³/mol. The molecule has 1 aliphatic carbocycles. The fourth-order valence-electron chi connectivity index (χ4n) is 4.69. The Kier molecular flexibility index (Phi) is 3.31. The third-order valence-corrected chi connectivity index (χ3v) is 6.45. The molecule has 0 spiro atoms. The highest BCUT2D eigenvalue weighted by Gasteiger charge is 2.48. The molecule has 1 aromatic carbocycles. The molecule has 1 fully saturated rings. The van der Waals surface area contributed by atoms with Crippen LogP contribution in [0.2, 0.25) is 0 Å². The molecule has 1 aromatic heterocycles. The van der Waals surface area contributed by atoms with Crippen LogP contribution in [-0.4, -0.2) is 22.6 Å². The van der Waals surface area contributed by atoms with Crippen LogP contribution < -0.4 is 0 Å². The number of hydrogen-bond acceptors (Lipinski definition) is 3. The molecule has 4 rings (SSSR count). The van der Waals surface area contributed by atoms with Crippen LogP contribution in [0.25, 0.3) is 0 Å². The minimum absolute atomic E-state index is 0.166. The van der Waals surface area contributed by atoms with Crippen molar-refractivity contribution in [3.05, 3.63) is 53.0 Å². The Morgan fingerprint density at radius 3 is 2.91 bits per heavy atom. The van der Waals surface area contributed by atoms with Crippen molar-refractivity contribution in [2.75, 3.05) is 6.54 Å². The number of fused-ring (bicyclic) bond motifs is 4. The standard InChI is InChI=1S/C20H25NO2/c1-13-19-10-15-4-5-17(22)11-18(15)20(13,3)7-8-21(19)12-16-6-9-23-14(16)2/h4-6,9,11,13,19,22H,7-8,10,12H2,1-3H3/t13-,19+,20+/m0/s1. The first kappa shape index (κ1) is 14.8. The zero-order valence-corrected chi connectivity index (χ0v) is 14.2. The third kappa shape index (κ3) is 2.21. The van der Waals surface area contributed by atoms with Crippen molar-refractivity contribution in [3.8, 4) is 5.75 Å². The van der Waals surface area contributed by atoms with E-state index >= 15 is 0 Å². The molecular formula is C20H25NO2. The van der Waals surface area contributed by atoms with Gasteiger partial charge in [-0.2, -0.15) is 0 Å². The number of hydrogen-bond donors (Lipinski definition) is 1. The Hall–Kier alpha value is -1.74. The van der Waals surface area contributed by atoms with Crippen LogP contribution in [0, 0.1) is 12.8 Å². The van der Waals surface area contributed by atoms with E-state index in [1.807, 2.05) is 19.1 Å². The zero-order chi connectivity index (χ0) is 16.2. The van der Waals surface area contributed by atoms with E-state index in [0.29, 0.717) is 17.7 Å². The number of nitrogens with zero attached hydrogens (tertiary/aromatic N) is 1. The fourth-order valence-corrected chi connectivity index (χ4v) is 4.69. The maximum Gasteiger partial charge on any atom is 0.115 e. The van der Waals surface area contributed by atoms with Gasteiger partial charge in [-0.15, -0.1) is 0 Å². The Bertz CT molecular complexity index is 735. The smallest absolute Gasteiger partial charge is 0.115 e. The maximum absolute atomic E-state index is 9.92. The monoisotopic (exact) mass is 311 g/mol. The summed E-state index contributed by atoms with van der Waals surface area (Å²) in [7, 11) is 0. The Labute approximate surface area is 137 Å². The van der Waals surface area contributed by atoms with Crippen molar-refractivity contribution >= 4 is 0 Å². The van der Waals surface area contributed by atoms with E-state index < -0.39 is 0 Å². The van der Waals surface area contributed by atoms with E-state index in [4.69, 9.17) is 4.42 Å². The average Bonchev–Trinajstić information content (AvgIpc) is 2.92.